The van der Waals surface area contributed by atoms with Gasteiger partial charge < -0.3 is 15.4 Å². The van der Waals surface area contributed by atoms with E-state index in [1.165, 1.54) is 29.1 Å². The number of nitrogen functional groups attached to an aromatic ring is 1. The molecule has 1 amide bonds. The van der Waals surface area contributed by atoms with Crippen LogP contribution in [0, 0.1) is 5.82 Å². The number of para-hydroxylation sites is 1. The van der Waals surface area contributed by atoms with Crippen molar-refractivity contribution in [3.8, 4) is 17.2 Å². The van der Waals surface area contributed by atoms with Crippen LogP contribution < -0.4 is 16.2 Å². The SMILES string of the molecule is C=CC(=O)N1CC(n2c(=O)n(-c3ccc(Oc4ccccc4)cc3F)c3c(N)ncnc32)C1. The van der Waals surface area contributed by atoms with E-state index >= 15 is 4.39 Å². The Kier molecular flexibility index (Phi) is 4.89. The third-order valence-corrected chi connectivity index (χ3v) is 5.53. The summed E-state index contributed by atoms with van der Waals surface area (Å²) in [5.74, 6) is -0.0268. The Hall–Kier alpha value is -4.47. The zero-order chi connectivity index (χ0) is 23.1. The number of hydrogen-bond donors (Lipinski definition) is 1. The van der Waals surface area contributed by atoms with Gasteiger partial charge in [0.15, 0.2) is 17.3 Å². The Morgan fingerprint density at radius 3 is 2.61 bits per heavy atom. The number of ether oxygens (including phenoxy) is 1. The van der Waals surface area contributed by atoms with Gasteiger partial charge in [-0.15, -0.1) is 0 Å². The summed E-state index contributed by atoms with van der Waals surface area (Å²) in [6.45, 7) is 4.09. The number of amides is 1. The van der Waals surface area contributed by atoms with Gasteiger partial charge in [0.2, 0.25) is 5.91 Å². The zero-order valence-corrected chi connectivity index (χ0v) is 17.4. The first-order chi connectivity index (χ1) is 16.0. The van der Waals surface area contributed by atoms with Gasteiger partial charge in [0.1, 0.15) is 23.3 Å². The molecule has 9 nitrogen and oxygen atoms in total. The molecule has 1 aliphatic rings. The lowest BCUT2D eigenvalue weighted by Gasteiger charge is -2.38. The standard InChI is InChI=1S/C23H19FN6O3/c1-2-19(31)28-11-14(12-28)29-22-20(21(25)26-13-27-22)30(23(29)32)18-9-8-16(10-17(18)24)33-15-6-4-3-5-7-15/h2-10,13-14H,1,11-12H2,(H2,25,26,27). The van der Waals surface area contributed by atoms with Gasteiger partial charge in [-0.2, -0.15) is 0 Å². The monoisotopic (exact) mass is 446 g/mol. The number of hydrogen-bond acceptors (Lipinski definition) is 6. The van der Waals surface area contributed by atoms with Crippen LogP contribution in [0.2, 0.25) is 0 Å². The molecule has 0 spiro atoms. The fraction of sp³-hybridized carbons (Fsp3) is 0.130. The van der Waals surface area contributed by atoms with Crippen LogP contribution in [0.1, 0.15) is 6.04 Å². The molecule has 1 saturated heterocycles. The maximum Gasteiger partial charge on any atom is 0.335 e. The van der Waals surface area contributed by atoms with Crippen molar-refractivity contribution in [2.75, 3.05) is 18.8 Å². The van der Waals surface area contributed by atoms with E-state index in [1.807, 2.05) is 6.07 Å². The molecule has 166 valence electrons. The summed E-state index contributed by atoms with van der Waals surface area (Å²) in [6.07, 6.45) is 2.47. The molecule has 0 saturated carbocycles. The lowest BCUT2D eigenvalue weighted by Crippen LogP contribution is -2.52. The summed E-state index contributed by atoms with van der Waals surface area (Å²) in [5.41, 5.74) is 6.00. The molecule has 4 aromatic rings. The minimum absolute atomic E-state index is 0.0102. The van der Waals surface area contributed by atoms with E-state index in [4.69, 9.17) is 10.5 Å². The van der Waals surface area contributed by atoms with Crippen LogP contribution in [0.5, 0.6) is 11.5 Å². The molecule has 0 atom stereocenters. The van der Waals surface area contributed by atoms with Gasteiger partial charge in [-0.05, 0) is 30.3 Å². The maximum atomic E-state index is 15.2. The highest BCUT2D eigenvalue weighted by Crippen LogP contribution is 2.30. The average Bonchev–Trinajstić information content (AvgIpc) is 3.07. The number of halogens is 1. The molecule has 5 rings (SSSR count). The predicted octanol–water partition coefficient (Wildman–Crippen LogP) is 2.67. The van der Waals surface area contributed by atoms with E-state index < -0.39 is 11.5 Å². The fourth-order valence-corrected chi connectivity index (χ4v) is 3.90. The number of rotatable bonds is 5. The van der Waals surface area contributed by atoms with E-state index in [0.717, 1.165) is 4.57 Å². The number of nitrogens with two attached hydrogens (primary N) is 1. The number of fused-ring (bicyclic) bond motifs is 1. The Balaban J connectivity index is 1.58. The highest BCUT2D eigenvalue weighted by atomic mass is 19.1. The van der Waals surface area contributed by atoms with Gasteiger partial charge in [0.25, 0.3) is 0 Å². The molecule has 0 aliphatic carbocycles. The Morgan fingerprint density at radius 2 is 1.91 bits per heavy atom. The van der Waals surface area contributed by atoms with Crippen molar-refractivity contribution in [2.24, 2.45) is 0 Å². The number of imidazole rings is 1. The van der Waals surface area contributed by atoms with Crippen LogP contribution in [-0.2, 0) is 4.79 Å². The second-order valence-corrected chi connectivity index (χ2v) is 7.55. The van der Waals surface area contributed by atoms with Gasteiger partial charge in [-0.1, -0.05) is 24.8 Å². The highest BCUT2D eigenvalue weighted by Gasteiger charge is 2.35. The normalized spacial score (nSPS) is 13.7. The predicted molar refractivity (Wildman–Crippen MR) is 120 cm³/mol. The van der Waals surface area contributed by atoms with E-state index in [9.17, 15) is 9.59 Å². The molecule has 2 N–H and O–H groups in total. The molecule has 3 heterocycles. The van der Waals surface area contributed by atoms with Crippen molar-refractivity contribution in [1.82, 2.24) is 24.0 Å². The van der Waals surface area contributed by atoms with E-state index in [1.54, 1.807) is 35.2 Å². The highest BCUT2D eigenvalue weighted by molar-refractivity contribution is 5.88. The summed E-state index contributed by atoms with van der Waals surface area (Å²) in [7, 11) is 0. The first-order valence-electron chi connectivity index (χ1n) is 10.2. The van der Waals surface area contributed by atoms with Crippen LogP contribution in [-0.4, -0.2) is 43.0 Å². The molecule has 2 aromatic carbocycles. The summed E-state index contributed by atoms with van der Waals surface area (Å²) < 4.78 is 23.5. The Bertz CT molecular complexity index is 1440. The van der Waals surface area contributed by atoms with Crippen molar-refractivity contribution < 1.29 is 13.9 Å². The molecule has 10 heteroatoms. The van der Waals surface area contributed by atoms with Crippen molar-refractivity contribution in [2.45, 2.75) is 6.04 Å². The summed E-state index contributed by atoms with van der Waals surface area (Å²) in [6, 6.07) is 12.8. The van der Waals surface area contributed by atoms with Gasteiger partial charge in [-0.25, -0.2) is 19.2 Å². The molecule has 2 aromatic heterocycles. The number of nitrogens with zero attached hydrogens (tertiary/aromatic N) is 5. The fourth-order valence-electron chi connectivity index (χ4n) is 3.90. The number of carbonyl (C=O) groups is 1. The third-order valence-electron chi connectivity index (χ3n) is 5.53. The topological polar surface area (TPSA) is 108 Å². The van der Waals surface area contributed by atoms with Crippen molar-refractivity contribution in [3.05, 3.63) is 83.8 Å². The molecule has 1 aliphatic heterocycles. The minimum atomic E-state index is -0.676. The molecular weight excluding hydrogens is 427 g/mol. The van der Waals surface area contributed by atoms with Gasteiger partial charge >= 0.3 is 5.69 Å². The van der Waals surface area contributed by atoms with Crippen LogP contribution >= 0.6 is 0 Å². The van der Waals surface area contributed by atoms with Crippen LogP contribution in [0.3, 0.4) is 0 Å². The molecular formula is C23H19FN6O3. The number of aromatic nitrogens is 4. The summed E-state index contributed by atoms with van der Waals surface area (Å²) >= 11 is 0. The van der Waals surface area contributed by atoms with Crippen molar-refractivity contribution >= 4 is 22.9 Å². The van der Waals surface area contributed by atoms with Gasteiger partial charge in [0, 0.05) is 19.2 Å². The van der Waals surface area contributed by atoms with Crippen LogP contribution in [0.4, 0.5) is 10.2 Å². The second-order valence-electron chi connectivity index (χ2n) is 7.55. The molecule has 0 bridgehead atoms. The Labute approximate surface area is 187 Å². The largest absolute Gasteiger partial charge is 0.457 e. The lowest BCUT2D eigenvalue weighted by molar-refractivity contribution is -0.131. The smallest absolute Gasteiger partial charge is 0.335 e. The quantitative estimate of drug-likeness (QED) is 0.472. The summed E-state index contributed by atoms with van der Waals surface area (Å²) in [4.78, 5) is 35.0. The first-order valence-corrected chi connectivity index (χ1v) is 10.2. The van der Waals surface area contributed by atoms with Crippen molar-refractivity contribution in [1.29, 1.82) is 0 Å². The maximum absolute atomic E-state index is 15.2. The number of anilines is 1. The number of benzene rings is 2. The van der Waals surface area contributed by atoms with E-state index in [0.29, 0.717) is 18.8 Å². The lowest BCUT2D eigenvalue weighted by atomic mass is 10.1. The zero-order valence-electron chi connectivity index (χ0n) is 17.4. The molecule has 0 radical (unpaired) electrons. The third kappa shape index (κ3) is 3.41. The van der Waals surface area contributed by atoms with Crippen LogP contribution in [0.15, 0.2) is 72.3 Å². The van der Waals surface area contributed by atoms with E-state index in [-0.39, 0.29) is 40.4 Å². The summed E-state index contributed by atoms with van der Waals surface area (Å²) in [5, 5.41) is 0. The average molecular weight is 446 g/mol. The van der Waals surface area contributed by atoms with Crippen LogP contribution in [0.25, 0.3) is 16.9 Å². The molecule has 33 heavy (non-hydrogen) atoms. The van der Waals surface area contributed by atoms with Gasteiger partial charge in [0.05, 0.1) is 11.7 Å². The van der Waals surface area contributed by atoms with E-state index in [2.05, 4.69) is 16.5 Å². The first kappa shape index (κ1) is 20.4. The molecule has 0 unspecified atom stereocenters. The second kappa shape index (κ2) is 7.90. The number of likely N-dealkylation sites (tertiary alicyclic amines) is 1. The molecule has 1 fully saturated rings. The van der Waals surface area contributed by atoms with Gasteiger partial charge in [-0.3, -0.25) is 13.9 Å². The Morgan fingerprint density at radius 1 is 1.15 bits per heavy atom. The minimum Gasteiger partial charge on any atom is -0.457 e. The number of carbonyl (C=O) groups excluding carboxylic acids is 1. The van der Waals surface area contributed by atoms with Crippen molar-refractivity contribution in [3.63, 3.8) is 0 Å².